The van der Waals surface area contributed by atoms with Gasteiger partial charge in [-0.1, -0.05) is 36.4 Å². The van der Waals surface area contributed by atoms with Crippen LogP contribution in [0.15, 0.2) is 60.8 Å². The maximum absolute atomic E-state index is 12.8. The van der Waals surface area contributed by atoms with E-state index in [2.05, 4.69) is 5.32 Å². The molecule has 29 heavy (non-hydrogen) atoms. The summed E-state index contributed by atoms with van der Waals surface area (Å²) in [6, 6.07) is 16.8. The van der Waals surface area contributed by atoms with Crippen LogP contribution in [0.4, 0.5) is 0 Å². The number of carbonyl (C=O) groups excluding carboxylic acids is 2. The summed E-state index contributed by atoms with van der Waals surface area (Å²) < 4.78 is 13.0. The van der Waals surface area contributed by atoms with Gasteiger partial charge in [0.1, 0.15) is 12.3 Å². The molecule has 1 atom stereocenters. The number of ether oxygens (including phenoxy) is 2. The van der Waals surface area contributed by atoms with E-state index in [0.29, 0.717) is 17.9 Å². The van der Waals surface area contributed by atoms with Gasteiger partial charge in [0.15, 0.2) is 6.61 Å². The Morgan fingerprint density at radius 3 is 2.69 bits per heavy atom. The Labute approximate surface area is 169 Å². The van der Waals surface area contributed by atoms with Crippen LogP contribution in [0.3, 0.4) is 0 Å². The summed E-state index contributed by atoms with van der Waals surface area (Å²) in [5.41, 5.74) is 1.41. The lowest BCUT2D eigenvalue weighted by atomic mass is 10.1. The zero-order chi connectivity index (χ0) is 20.1. The third kappa shape index (κ3) is 4.66. The zero-order valence-corrected chi connectivity index (χ0v) is 16.2. The fraction of sp³-hybridized carbons (Fsp3) is 0.304. The Morgan fingerprint density at radius 1 is 1.10 bits per heavy atom. The highest BCUT2D eigenvalue weighted by atomic mass is 16.5. The quantitative estimate of drug-likeness (QED) is 0.598. The second kappa shape index (κ2) is 8.92. The van der Waals surface area contributed by atoms with Crippen molar-refractivity contribution in [3.63, 3.8) is 0 Å². The van der Waals surface area contributed by atoms with E-state index in [1.807, 2.05) is 59.2 Å². The molecule has 0 aliphatic carbocycles. The van der Waals surface area contributed by atoms with Crippen molar-refractivity contribution in [3.8, 4) is 5.75 Å². The van der Waals surface area contributed by atoms with E-state index in [-0.39, 0.29) is 30.9 Å². The van der Waals surface area contributed by atoms with Gasteiger partial charge in [-0.3, -0.25) is 9.59 Å². The van der Waals surface area contributed by atoms with Crippen molar-refractivity contribution in [1.82, 2.24) is 9.88 Å². The fourth-order valence-electron chi connectivity index (χ4n) is 3.59. The summed E-state index contributed by atoms with van der Waals surface area (Å²) in [4.78, 5) is 25.2. The van der Waals surface area contributed by atoms with Crippen molar-refractivity contribution in [2.45, 2.75) is 25.5 Å². The fourth-order valence-corrected chi connectivity index (χ4v) is 3.59. The number of Topliss-reactive ketones (excluding diaryl/α,β-unsaturated/α-hetero) is 1. The third-order valence-corrected chi connectivity index (χ3v) is 5.07. The molecular formula is C23H24N2O4. The zero-order valence-electron chi connectivity index (χ0n) is 16.2. The standard InChI is InChI=1S/C23H24N2O4/c26-22(16-29-17-7-2-1-3-8-17)20-14-25(21-11-5-4-10-19(20)21)15-23(27)24-13-18-9-6-12-28-18/h1-5,7-8,10-11,14,18H,6,9,12-13,15-16H2,(H,24,27)/t18-/m1/s1. The van der Waals surface area contributed by atoms with Crippen LogP contribution in [0.1, 0.15) is 23.2 Å². The average Bonchev–Trinajstić information content (AvgIpc) is 3.40. The van der Waals surface area contributed by atoms with Crippen LogP contribution in [0, 0.1) is 0 Å². The van der Waals surface area contributed by atoms with Crippen molar-refractivity contribution in [3.05, 3.63) is 66.4 Å². The third-order valence-electron chi connectivity index (χ3n) is 5.07. The number of nitrogens with zero attached hydrogens (tertiary/aromatic N) is 1. The molecule has 0 spiro atoms. The van der Waals surface area contributed by atoms with E-state index in [1.165, 1.54) is 0 Å². The minimum absolute atomic E-state index is 0.0523. The molecule has 2 aromatic carbocycles. The van der Waals surface area contributed by atoms with Gasteiger partial charge in [0, 0.05) is 35.8 Å². The highest BCUT2D eigenvalue weighted by molar-refractivity contribution is 6.09. The van der Waals surface area contributed by atoms with Crippen LogP contribution in [-0.4, -0.2) is 42.1 Å². The maximum Gasteiger partial charge on any atom is 0.240 e. The number of hydrogen-bond donors (Lipinski definition) is 1. The lowest BCUT2D eigenvalue weighted by molar-refractivity contribution is -0.122. The first-order chi connectivity index (χ1) is 14.2. The van der Waals surface area contributed by atoms with Gasteiger partial charge < -0.3 is 19.4 Å². The Hall–Kier alpha value is -3.12. The molecule has 150 valence electrons. The molecule has 1 aliphatic rings. The second-order valence-electron chi connectivity index (χ2n) is 7.15. The summed E-state index contributed by atoms with van der Waals surface area (Å²) in [6.07, 6.45) is 3.87. The first kappa shape index (κ1) is 19.2. The smallest absolute Gasteiger partial charge is 0.240 e. The molecule has 1 amide bonds. The number of ketones is 1. The molecule has 3 aromatic rings. The number of hydrogen-bond acceptors (Lipinski definition) is 4. The molecule has 2 heterocycles. The predicted molar refractivity (Wildman–Crippen MR) is 110 cm³/mol. The van der Waals surface area contributed by atoms with E-state index in [9.17, 15) is 9.59 Å². The van der Waals surface area contributed by atoms with Crippen molar-refractivity contribution in [1.29, 1.82) is 0 Å². The molecule has 0 bridgehead atoms. The number of rotatable bonds is 8. The molecule has 4 rings (SSSR count). The average molecular weight is 392 g/mol. The highest BCUT2D eigenvalue weighted by Gasteiger charge is 2.19. The number of nitrogens with one attached hydrogen (secondary N) is 1. The van der Waals surface area contributed by atoms with Gasteiger partial charge in [0.05, 0.1) is 6.10 Å². The Morgan fingerprint density at radius 2 is 1.90 bits per heavy atom. The van der Waals surface area contributed by atoms with Gasteiger partial charge in [0.2, 0.25) is 11.7 Å². The summed E-state index contributed by atoms with van der Waals surface area (Å²) in [7, 11) is 0. The number of aromatic nitrogens is 1. The maximum atomic E-state index is 12.8. The van der Waals surface area contributed by atoms with Gasteiger partial charge in [-0.05, 0) is 31.0 Å². The van der Waals surface area contributed by atoms with Crippen molar-refractivity contribution in [2.75, 3.05) is 19.8 Å². The number of benzene rings is 2. The topological polar surface area (TPSA) is 69.6 Å². The predicted octanol–water partition coefficient (Wildman–Crippen LogP) is 3.20. The van der Waals surface area contributed by atoms with Gasteiger partial charge >= 0.3 is 0 Å². The highest BCUT2D eigenvalue weighted by Crippen LogP contribution is 2.22. The van der Waals surface area contributed by atoms with Crippen LogP contribution < -0.4 is 10.1 Å². The SMILES string of the molecule is O=C(Cn1cc(C(=O)COc2ccccc2)c2ccccc21)NC[C@H]1CCCO1. The van der Waals surface area contributed by atoms with Gasteiger partial charge in [0.25, 0.3) is 0 Å². The lowest BCUT2D eigenvalue weighted by Gasteiger charge is -2.11. The first-order valence-corrected chi connectivity index (χ1v) is 9.88. The molecule has 0 unspecified atom stereocenters. The van der Waals surface area contributed by atoms with E-state index in [4.69, 9.17) is 9.47 Å². The largest absolute Gasteiger partial charge is 0.485 e. The van der Waals surface area contributed by atoms with Crippen LogP contribution in [0.5, 0.6) is 5.75 Å². The monoisotopic (exact) mass is 392 g/mol. The van der Waals surface area contributed by atoms with Gasteiger partial charge in [-0.2, -0.15) is 0 Å². The van der Waals surface area contributed by atoms with Crippen LogP contribution in [0.25, 0.3) is 10.9 Å². The number of amides is 1. The molecule has 1 fully saturated rings. The minimum atomic E-state index is -0.122. The van der Waals surface area contributed by atoms with Crippen molar-refractivity contribution < 1.29 is 19.1 Å². The van der Waals surface area contributed by atoms with Gasteiger partial charge in [-0.25, -0.2) is 0 Å². The number of fused-ring (bicyclic) bond motifs is 1. The normalized spacial score (nSPS) is 16.1. The van der Waals surface area contributed by atoms with E-state index >= 15 is 0 Å². The summed E-state index contributed by atoms with van der Waals surface area (Å²) in [5, 5.41) is 3.75. The summed E-state index contributed by atoms with van der Waals surface area (Å²) >= 11 is 0. The molecule has 6 nitrogen and oxygen atoms in total. The second-order valence-corrected chi connectivity index (χ2v) is 7.15. The van der Waals surface area contributed by atoms with Crippen LogP contribution in [-0.2, 0) is 16.1 Å². The van der Waals surface area contributed by atoms with E-state index in [1.54, 1.807) is 6.20 Å². The van der Waals surface area contributed by atoms with Crippen LogP contribution in [0.2, 0.25) is 0 Å². The molecular weight excluding hydrogens is 368 g/mol. The summed E-state index contributed by atoms with van der Waals surface area (Å²) in [6.45, 7) is 1.39. The van der Waals surface area contributed by atoms with E-state index in [0.717, 1.165) is 30.4 Å². The number of carbonyl (C=O) groups is 2. The Bertz CT molecular complexity index is 991. The molecule has 1 aliphatic heterocycles. The molecule has 1 N–H and O–H groups in total. The van der Waals surface area contributed by atoms with Crippen molar-refractivity contribution in [2.24, 2.45) is 0 Å². The minimum Gasteiger partial charge on any atom is -0.485 e. The Balaban J connectivity index is 1.45. The van der Waals surface area contributed by atoms with Gasteiger partial charge in [-0.15, -0.1) is 0 Å². The molecule has 0 radical (unpaired) electrons. The first-order valence-electron chi connectivity index (χ1n) is 9.88. The lowest BCUT2D eigenvalue weighted by Crippen LogP contribution is -2.34. The molecule has 6 heteroatoms. The molecule has 1 aromatic heterocycles. The van der Waals surface area contributed by atoms with Crippen LogP contribution >= 0.6 is 0 Å². The molecule has 0 saturated carbocycles. The van der Waals surface area contributed by atoms with Crippen molar-refractivity contribution >= 4 is 22.6 Å². The summed E-state index contributed by atoms with van der Waals surface area (Å²) in [5.74, 6) is 0.433. The number of para-hydroxylation sites is 2. The molecule has 1 saturated heterocycles. The Kier molecular flexibility index (Phi) is 5.91. The van der Waals surface area contributed by atoms with E-state index < -0.39 is 0 Å².